The smallest absolute Gasteiger partial charge is 0.309 e. The zero-order chi connectivity index (χ0) is 16.8. The Balaban J connectivity index is 3.60. The maximum atomic E-state index is 11.3. The maximum Gasteiger partial charge on any atom is 0.309 e. The van der Waals surface area contributed by atoms with Crippen LogP contribution in [-0.4, -0.2) is 62.4 Å². The molecule has 0 aromatic heterocycles. The molecule has 0 aliphatic carbocycles. The Labute approximate surface area is 126 Å². The molecule has 0 rings (SSSR count). The maximum absolute atomic E-state index is 11.3. The van der Waals surface area contributed by atoms with E-state index in [9.17, 15) is 28.8 Å². The Kier molecular flexibility index (Phi) is 10.5. The van der Waals surface area contributed by atoms with Gasteiger partial charge in [0.2, 0.25) is 12.6 Å². The predicted molar refractivity (Wildman–Crippen MR) is 73.4 cm³/mol. The van der Waals surface area contributed by atoms with E-state index in [-0.39, 0.29) is 38.8 Å². The molecule has 0 saturated carbocycles. The summed E-state index contributed by atoms with van der Waals surface area (Å²) >= 11 is 0. The van der Waals surface area contributed by atoms with Gasteiger partial charge in [0.15, 0.2) is 0 Å². The second kappa shape index (κ2) is 12.0. The molecule has 0 radical (unpaired) electrons. The highest BCUT2D eigenvalue weighted by molar-refractivity contribution is 6.35. The third-order valence-electron chi connectivity index (χ3n) is 2.30. The molecule has 0 aliphatic heterocycles. The normalized spacial score (nSPS) is 9.27. The van der Waals surface area contributed by atoms with Gasteiger partial charge in [0.1, 0.15) is 0 Å². The Morgan fingerprint density at radius 1 is 0.591 bits per heavy atom. The minimum absolute atomic E-state index is 0.142. The monoisotopic (exact) mass is 314 g/mol. The highest BCUT2D eigenvalue weighted by Crippen LogP contribution is 1.78. The number of carbonyl (C=O) groups is 6. The number of rotatable bonds is 10. The SMILES string of the molecule is O=CC(=O)NCCCNC(=O)C(=O)NCCCNC(=O)C=O. The van der Waals surface area contributed by atoms with Crippen LogP contribution in [0.2, 0.25) is 0 Å². The van der Waals surface area contributed by atoms with E-state index in [1.807, 2.05) is 0 Å². The Morgan fingerprint density at radius 2 is 0.909 bits per heavy atom. The summed E-state index contributed by atoms with van der Waals surface area (Å²) in [5.41, 5.74) is 0. The number of carbonyl (C=O) groups excluding carboxylic acids is 6. The lowest BCUT2D eigenvalue weighted by Crippen LogP contribution is -2.41. The van der Waals surface area contributed by atoms with Crippen LogP contribution in [0.25, 0.3) is 0 Å². The van der Waals surface area contributed by atoms with Gasteiger partial charge in [-0.25, -0.2) is 0 Å². The summed E-state index contributed by atoms with van der Waals surface area (Å²) in [6, 6.07) is 0. The number of hydrogen-bond acceptors (Lipinski definition) is 6. The van der Waals surface area contributed by atoms with Gasteiger partial charge in [-0.15, -0.1) is 0 Å². The van der Waals surface area contributed by atoms with Crippen LogP contribution < -0.4 is 21.3 Å². The number of hydrogen-bond donors (Lipinski definition) is 4. The van der Waals surface area contributed by atoms with Crippen molar-refractivity contribution in [3.8, 4) is 0 Å². The van der Waals surface area contributed by atoms with Gasteiger partial charge in [-0.2, -0.15) is 0 Å². The second-order valence-electron chi connectivity index (χ2n) is 4.04. The quantitative estimate of drug-likeness (QED) is 0.188. The fourth-order valence-corrected chi connectivity index (χ4v) is 1.25. The highest BCUT2D eigenvalue weighted by Gasteiger charge is 2.11. The molecule has 0 heterocycles. The van der Waals surface area contributed by atoms with E-state index in [1.54, 1.807) is 0 Å². The lowest BCUT2D eigenvalue weighted by molar-refractivity contribution is -0.139. The van der Waals surface area contributed by atoms with E-state index in [4.69, 9.17) is 0 Å². The molecular formula is C12H18N4O6. The highest BCUT2D eigenvalue weighted by atomic mass is 16.2. The van der Waals surface area contributed by atoms with E-state index in [2.05, 4.69) is 21.3 Å². The van der Waals surface area contributed by atoms with Crippen LogP contribution in [0, 0.1) is 0 Å². The summed E-state index contributed by atoms with van der Waals surface area (Å²) in [5.74, 6) is -3.13. The third-order valence-corrected chi connectivity index (χ3v) is 2.30. The first-order valence-electron chi connectivity index (χ1n) is 6.53. The lowest BCUT2D eigenvalue weighted by Gasteiger charge is -2.06. The molecule has 4 amide bonds. The van der Waals surface area contributed by atoms with Crippen LogP contribution in [0.4, 0.5) is 0 Å². The molecule has 0 aromatic rings. The summed E-state index contributed by atoms with van der Waals surface area (Å²) in [4.78, 5) is 63.8. The van der Waals surface area contributed by atoms with Crippen molar-refractivity contribution < 1.29 is 28.8 Å². The molecule has 0 bridgehead atoms. The van der Waals surface area contributed by atoms with E-state index >= 15 is 0 Å². The zero-order valence-electron chi connectivity index (χ0n) is 11.8. The standard InChI is InChI=1S/C12H18N4O6/c17-7-9(19)13-3-1-5-15-11(21)12(22)16-6-2-4-14-10(20)8-18/h7-8H,1-6H2,(H,13,19)(H,14,20)(H,15,21)(H,16,22). The van der Waals surface area contributed by atoms with Crippen LogP contribution in [0.1, 0.15) is 12.8 Å². The number of aldehydes is 2. The second-order valence-corrected chi connectivity index (χ2v) is 4.04. The van der Waals surface area contributed by atoms with Crippen LogP contribution in [-0.2, 0) is 28.8 Å². The van der Waals surface area contributed by atoms with Gasteiger partial charge in [-0.1, -0.05) is 0 Å². The molecule has 0 unspecified atom stereocenters. The molecule has 10 nitrogen and oxygen atoms in total. The van der Waals surface area contributed by atoms with Gasteiger partial charge in [0.25, 0.3) is 11.8 Å². The number of nitrogens with one attached hydrogen (secondary N) is 4. The topological polar surface area (TPSA) is 151 Å². The minimum atomic E-state index is -0.821. The van der Waals surface area contributed by atoms with Crippen molar-refractivity contribution >= 4 is 36.2 Å². The number of amides is 4. The molecular weight excluding hydrogens is 296 g/mol. The van der Waals surface area contributed by atoms with E-state index in [0.29, 0.717) is 12.8 Å². The fraction of sp³-hybridized carbons (Fsp3) is 0.500. The Bertz CT molecular complexity index is 397. The van der Waals surface area contributed by atoms with Crippen molar-refractivity contribution in [1.29, 1.82) is 0 Å². The molecule has 0 aromatic carbocycles. The van der Waals surface area contributed by atoms with Crippen LogP contribution in [0.5, 0.6) is 0 Å². The molecule has 0 spiro atoms. The van der Waals surface area contributed by atoms with Crippen molar-refractivity contribution in [3.05, 3.63) is 0 Å². The third kappa shape index (κ3) is 10.1. The summed E-state index contributed by atoms with van der Waals surface area (Å²) < 4.78 is 0. The zero-order valence-corrected chi connectivity index (χ0v) is 11.8. The van der Waals surface area contributed by atoms with E-state index < -0.39 is 23.6 Å². The minimum Gasteiger partial charge on any atom is -0.350 e. The molecule has 0 atom stereocenters. The Hall–Kier alpha value is -2.78. The average molecular weight is 314 g/mol. The van der Waals surface area contributed by atoms with Gasteiger partial charge in [-0.3, -0.25) is 28.8 Å². The molecule has 0 saturated heterocycles. The van der Waals surface area contributed by atoms with E-state index in [1.165, 1.54) is 0 Å². The largest absolute Gasteiger partial charge is 0.350 e. The predicted octanol–water partition coefficient (Wildman–Crippen LogP) is -3.37. The van der Waals surface area contributed by atoms with E-state index in [0.717, 1.165) is 0 Å². The molecule has 122 valence electrons. The first-order valence-corrected chi connectivity index (χ1v) is 6.53. The van der Waals surface area contributed by atoms with Crippen molar-refractivity contribution in [2.24, 2.45) is 0 Å². The molecule has 4 N–H and O–H groups in total. The van der Waals surface area contributed by atoms with Crippen LogP contribution >= 0.6 is 0 Å². The van der Waals surface area contributed by atoms with Crippen LogP contribution in [0.3, 0.4) is 0 Å². The van der Waals surface area contributed by atoms with Crippen molar-refractivity contribution in [2.45, 2.75) is 12.8 Å². The molecule has 10 heteroatoms. The van der Waals surface area contributed by atoms with Crippen molar-refractivity contribution in [2.75, 3.05) is 26.2 Å². The fourth-order valence-electron chi connectivity index (χ4n) is 1.25. The van der Waals surface area contributed by atoms with Gasteiger partial charge >= 0.3 is 11.8 Å². The first-order chi connectivity index (χ1) is 10.5. The summed E-state index contributed by atoms with van der Waals surface area (Å²) in [5, 5.41) is 9.23. The first kappa shape index (κ1) is 19.2. The molecule has 0 aliphatic rings. The molecule has 0 fully saturated rings. The van der Waals surface area contributed by atoms with Gasteiger partial charge in [-0.05, 0) is 12.8 Å². The van der Waals surface area contributed by atoms with Crippen molar-refractivity contribution in [1.82, 2.24) is 21.3 Å². The summed E-state index contributed by atoms with van der Waals surface area (Å²) in [6.07, 6.45) is 1.03. The van der Waals surface area contributed by atoms with Gasteiger partial charge in [0.05, 0.1) is 0 Å². The van der Waals surface area contributed by atoms with Crippen LogP contribution in [0.15, 0.2) is 0 Å². The van der Waals surface area contributed by atoms with Gasteiger partial charge < -0.3 is 21.3 Å². The summed E-state index contributed by atoms with van der Waals surface area (Å²) in [7, 11) is 0. The lowest BCUT2D eigenvalue weighted by atomic mass is 10.4. The van der Waals surface area contributed by atoms with Crippen molar-refractivity contribution in [3.63, 3.8) is 0 Å². The van der Waals surface area contributed by atoms with Gasteiger partial charge in [0, 0.05) is 26.2 Å². The molecule has 22 heavy (non-hydrogen) atoms. The summed E-state index contributed by atoms with van der Waals surface area (Å²) in [6.45, 7) is 0.743. The Morgan fingerprint density at radius 3 is 1.23 bits per heavy atom. The average Bonchev–Trinajstić information content (AvgIpc) is 2.52.